The molecule has 0 aromatic heterocycles. The van der Waals surface area contributed by atoms with Gasteiger partial charge in [-0.25, -0.2) is 4.99 Å². The van der Waals surface area contributed by atoms with Gasteiger partial charge in [-0.05, 0) is 74.3 Å². The lowest BCUT2D eigenvalue weighted by molar-refractivity contribution is -0.0363. The standard InChI is InChI=1S/C19H23NO/c1-2-21-18-19(16-5-3-4-6-17(16)20-18)14-8-12-7-13(10-14)11-15(19)9-12/h3-6,12-15H,2,7-11H2,1H3/i1D3,2D2. The number of hydrogen-bond acceptors (Lipinski definition) is 2. The summed E-state index contributed by atoms with van der Waals surface area (Å²) in [6.45, 7) is -5.59. The van der Waals surface area contributed by atoms with Gasteiger partial charge in [-0.2, -0.15) is 0 Å². The second-order valence-corrected chi connectivity index (χ2v) is 7.31. The first kappa shape index (κ1) is 8.36. The summed E-state index contributed by atoms with van der Waals surface area (Å²) in [5.74, 6) is 2.55. The Morgan fingerprint density at radius 1 is 1.19 bits per heavy atom. The van der Waals surface area contributed by atoms with Crippen LogP contribution in [-0.4, -0.2) is 12.5 Å². The molecular formula is C19H23NO. The summed E-state index contributed by atoms with van der Waals surface area (Å²) in [6, 6.07) is 7.95. The SMILES string of the molecule is [2H]C([2H])([2H])C([2H])([2H])OC1=Nc2ccccc2C12C1CC3CC(C1)CC2C3. The van der Waals surface area contributed by atoms with E-state index in [0.29, 0.717) is 17.7 Å². The van der Waals surface area contributed by atoms with E-state index in [2.05, 4.69) is 11.1 Å². The van der Waals surface area contributed by atoms with E-state index in [0.717, 1.165) is 48.8 Å². The topological polar surface area (TPSA) is 21.6 Å². The summed E-state index contributed by atoms with van der Waals surface area (Å²) in [4.78, 5) is 4.65. The number of ether oxygens (including phenoxy) is 1. The molecule has 0 unspecified atom stereocenters. The van der Waals surface area contributed by atoms with Crippen LogP contribution in [0.25, 0.3) is 0 Å². The van der Waals surface area contributed by atoms with Crippen LogP contribution in [0.4, 0.5) is 5.69 Å². The summed E-state index contributed by atoms with van der Waals surface area (Å²) in [5.41, 5.74) is 1.49. The van der Waals surface area contributed by atoms with Crippen LogP contribution in [0, 0.1) is 23.7 Å². The van der Waals surface area contributed by atoms with Gasteiger partial charge in [0.15, 0.2) is 5.90 Å². The minimum Gasteiger partial charge on any atom is -0.480 e. The second kappa shape index (κ2) is 4.12. The summed E-state index contributed by atoms with van der Waals surface area (Å²) in [5, 5.41) is 0. The number of benzene rings is 1. The molecule has 2 nitrogen and oxygen atoms in total. The van der Waals surface area contributed by atoms with E-state index in [1.165, 1.54) is 6.42 Å². The average molecular weight is 286 g/mol. The third kappa shape index (κ3) is 1.41. The third-order valence-corrected chi connectivity index (χ3v) is 6.50. The maximum absolute atomic E-state index is 8.01. The molecule has 1 heterocycles. The molecular weight excluding hydrogens is 258 g/mol. The lowest BCUT2D eigenvalue weighted by Crippen LogP contribution is -2.58. The molecule has 1 aromatic rings. The van der Waals surface area contributed by atoms with Gasteiger partial charge in [0.1, 0.15) is 0 Å². The zero-order valence-electron chi connectivity index (χ0n) is 17.0. The van der Waals surface area contributed by atoms with Crippen molar-refractivity contribution in [1.29, 1.82) is 0 Å². The normalized spacial score (nSPS) is 47.0. The highest BCUT2D eigenvalue weighted by molar-refractivity contribution is 5.97. The van der Waals surface area contributed by atoms with Crippen molar-refractivity contribution in [3.05, 3.63) is 29.8 Å². The lowest BCUT2D eigenvalue weighted by Gasteiger charge is -2.60. The molecule has 5 aliphatic rings. The van der Waals surface area contributed by atoms with Crippen LogP contribution in [0.5, 0.6) is 0 Å². The molecule has 21 heavy (non-hydrogen) atoms. The molecule has 110 valence electrons. The third-order valence-electron chi connectivity index (χ3n) is 6.50. The van der Waals surface area contributed by atoms with Gasteiger partial charge < -0.3 is 4.74 Å². The first-order valence-corrected chi connectivity index (χ1v) is 8.09. The van der Waals surface area contributed by atoms with Crippen molar-refractivity contribution in [2.45, 2.75) is 44.4 Å². The molecule has 0 amide bonds. The molecule has 2 heteroatoms. The monoisotopic (exact) mass is 286 g/mol. The highest BCUT2D eigenvalue weighted by Crippen LogP contribution is 2.66. The number of nitrogens with zero attached hydrogens (tertiary/aromatic N) is 1. The molecule has 4 saturated carbocycles. The molecule has 1 aromatic carbocycles. The van der Waals surface area contributed by atoms with Gasteiger partial charge in [-0.15, -0.1) is 0 Å². The number of para-hydroxylation sites is 1. The number of rotatable bonds is 1. The highest BCUT2D eigenvalue weighted by Gasteiger charge is 2.63. The van der Waals surface area contributed by atoms with Crippen LogP contribution in [0.3, 0.4) is 0 Å². The van der Waals surface area contributed by atoms with Gasteiger partial charge in [0, 0.05) is 4.11 Å². The Balaban J connectivity index is 1.63. The van der Waals surface area contributed by atoms with E-state index in [1.807, 2.05) is 18.2 Å². The fraction of sp³-hybridized carbons (Fsp3) is 0.632. The maximum Gasteiger partial charge on any atom is 0.200 e. The van der Waals surface area contributed by atoms with E-state index in [4.69, 9.17) is 11.6 Å². The first-order chi connectivity index (χ1) is 12.2. The zero-order chi connectivity index (χ0) is 18.3. The number of hydrogen-bond donors (Lipinski definition) is 0. The first-order valence-electron chi connectivity index (χ1n) is 10.6. The van der Waals surface area contributed by atoms with E-state index < -0.39 is 18.8 Å². The smallest absolute Gasteiger partial charge is 0.200 e. The second-order valence-electron chi connectivity index (χ2n) is 7.31. The lowest BCUT2D eigenvalue weighted by atomic mass is 9.44. The maximum atomic E-state index is 8.01. The van der Waals surface area contributed by atoms with Crippen LogP contribution >= 0.6 is 0 Å². The van der Waals surface area contributed by atoms with Crippen molar-refractivity contribution >= 4 is 11.6 Å². The van der Waals surface area contributed by atoms with Gasteiger partial charge in [0.2, 0.25) is 0 Å². The Kier molecular flexibility index (Phi) is 1.64. The molecule has 4 aliphatic carbocycles. The summed E-state index contributed by atoms with van der Waals surface area (Å²) >= 11 is 0. The van der Waals surface area contributed by atoms with Gasteiger partial charge in [-0.1, -0.05) is 18.2 Å². The average Bonchev–Trinajstić information content (AvgIpc) is 2.85. The fourth-order valence-electron chi connectivity index (χ4n) is 6.11. The Morgan fingerprint density at radius 3 is 2.62 bits per heavy atom. The minimum atomic E-state index is -2.85. The molecule has 6 rings (SSSR count). The highest BCUT2D eigenvalue weighted by atomic mass is 16.5. The van der Waals surface area contributed by atoms with Crippen LogP contribution in [0.1, 0.15) is 51.4 Å². The van der Waals surface area contributed by atoms with Crippen molar-refractivity contribution in [1.82, 2.24) is 0 Å². The van der Waals surface area contributed by atoms with Crippen LogP contribution in [0.2, 0.25) is 0 Å². The van der Waals surface area contributed by atoms with Crippen molar-refractivity contribution < 1.29 is 11.6 Å². The van der Waals surface area contributed by atoms with E-state index in [1.54, 1.807) is 0 Å². The molecule has 0 saturated heterocycles. The van der Waals surface area contributed by atoms with Crippen molar-refractivity contribution in [3.63, 3.8) is 0 Å². The Labute approximate surface area is 133 Å². The van der Waals surface area contributed by atoms with Crippen molar-refractivity contribution in [3.8, 4) is 0 Å². The molecule has 1 spiro atoms. The quantitative estimate of drug-likeness (QED) is 0.747. The molecule has 0 atom stereocenters. The van der Waals surface area contributed by atoms with Crippen molar-refractivity contribution in [2.75, 3.05) is 6.56 Å². The summed E-state index contributed by atoms with van der Waals surface area (Å²) < 4.78 is 44.3. The number of fused-ring (bicyclic) bond motifs is 1. The van der Waals surface area contributed by atoms with Gasteiger partial charge in [-0.3, -0.25) is 0 Å². The summed E-state index contributed by atoms with van der Waals surface area (Å²) in [7, 11) is 0. The number of aliphatic imine (C=N–C) groups is 1. The predicted molar refractivity (Wildman–Crippen MR) is 83.9 cm³/mol. The van der Waals surface area contributed by atoms with Crippen molar-refractivity contribution in [2.24, 2.45) is 28.7 Å². The van der Waals surface area contributed by atoms with Crippen LogP contribution in [0.15, 0.2) is 29.3 Å². The Bertz CT molecular complexity index is 756. The van der Waals surface area contributed by atoms with Crippen LogP contribution in [-0.2, 0) is 10.2 Å². The van der Waals surface area contributed by atoms with Gasteiger partial charge in [0.25, 0.3) is 0 Å². The Morgan fingerprint density at radius 2 is 1.90 bits per heavy atom. The van der Waals surface area contributed by atoms with Gasteiger partial charge >= 0.3 is 0 Å². The summed E-state index contributed by atoms with van der Waals surface area (Å²) in [6.07, 6.45) is 5.76. The van der Waals surface area contributed by atoms with E-state index in [9.17, 15) is 0 Å². The molecule has 0 radical (unpaired) electrons. The minimum absolute atomic E-state index is 0.314. The van der Waals surface area contributed by atoms with E-state index in [-0.39, 0.29) is 0 Å². The molecule has 4 bridgehead atoms. The fourth-order valence-corrected chi connectivity index (χ4v) is 6.11. The van der Waals surface area contributed by atoms with E-state index >= 15 is 0 Å². The zero-order valence-corrected chi connectivity index (χ0v) is 12.0. The molecule has 4 fully saturated rings. The molecule has 1 aliphatic heterocycles. The largest absolute Gasteiger partial charge is 0.480 e. The predicted octanol–water partition coefficient (Wildman–Crippen LogP) is 4.46. The molecule has 0 N–H and O–H groups in total. The Hall–Kier alpha value is -1.31. The van der Waals surface area contributed by atoms with Gasteiger partial charge in [0.05, 0.1) is 20.4 Å². The van der Waals surface area contributed by atoms with Crippen LogP contribution < -0.4 is 0 Å².